The molecule has 0 saturated carbocycles. The molecule has 0 spiro atoms. The van der Waals surface area contributed by atoms with Crippen LogP contribution in [0.25, 0.3) is 0 Å². The van der Waals surface area contributed by atoms with Crippen molar-refractivity contribution in [3.05, 3.63) is 42.0 Å². The van der Waals surface area contributed by atoms with Crippen LogP contribution in [0.2, 0.25) is 0 Å². The minimum absolute atomic E-state index is 0.115. The van der Waals surface area contributed by atoms with Crippen LogP contribution in [-0.2, 0) is 29.1 Å². The highest BCUT2D eigenvalue weighted by molar-refractivity contribution is 8.01. The van der Waals surface area contributed by atoms with Gasteiger partial charge >= 0.3 is 0 Å². The third kappa shape index (κ3) is 3.56. The third-order valence-electron chi connectivity index (χ3n) is 4.50. The molecule has 0 saturated heterocycles. The van der Waals surface area contributed by atoms with Crippen LogP contribution in [0.15, 0.2) is 35.4 Å². The molecule has 1 unspecified atom stereocenters. The summed E-state index contributed by atoms with van der Waals surface area (Å²) in [6.45, 7) is 1.42. The first-order valence-electron chi connectivity index (χ1n) is 8.57. The number of hydrogen-bond donors (Lipinski definition) is 2. The van der Waals surface area contributed by atoms with Crippen LogP contribution in [-0.4, -0.2) is 26.6 Å². The van der Waals surface area contributed by atoms with Gasteiger partial charge in [0.15, 0.2) is 0 Å². The van der Waals surface area contributed by atoms with E-state index in [9.17, 15) is 9.59 Å². The molecular weight excluding hydrogens is 336 g/mol. The van der Waals surface area contributed by atoms with E-state index in [-0.39, 0.29) is 18.2 Å². The summed E-state index contributed by atoms with van der Waals surface area (Å²) in [6.07, 6.45) is 5.56. The molecule has 2 aromatic rings. The number of anilines is 1. The van der Waals surface area contributed by atoms with Crippen LogP contribution in [0.1, 0.15) is 30.8 Å². The fourth-order valence-corrected chi connectivity index (χ4v) is 4.32. The van der Waals surface area contributed by atoms with Gasteiger partial charge in [0.25, 0.3) is 0 Å². The molecule has 2 N–H and O–H groups in total. The average Bonchev–Trinajstić information content (AvgIpc) is 3.03. The second-order valence-electron chi connectivity index (χ2n) is 6.37. The highest BCUT2D eigenvalue weighted by Gasteiger charge is 2.28. The SMILES string of the molecule is O=C(CC1Sc2ccccc2NC1=O)NCc1cn2c(n1)CCCC2. The van der Waals surface area contributed by atoms with Gasteiger partial charge in [-0.25, -0.2) is 4.98 Å². The van der Waals surface area contributed by atoms with E-state index in [0.717, 1.165) is 35.1 Å². The van der Waals surface area contributed by atoms with Gasteiger partial charge in [0.05, 0.1) is 23.2 Å². The predicted octanol–water partition coefficient (Wildman–Crippen LogP) is 2.34. The highest BCUT2D eigenvalue weighted by Crippen LogP contribution is 2.36. The van der Waals surface area contributed by atoms with Crippen molar-refractivity contribution in [1.29, 1.82) is 0 Å². The molecule has 1 aromatic heterocycles. The Morgan fingerprint density at radius 3 is 3.12 bits per heavy atom. The van der Waals surface area contributed by atoms with Crippen molar-refractivity contribution in [2.75, 3.05) is 5.32 Å². The molecule has 1 aromatic carbocycles. The zero-order chi connectivity index (χ0) is 17.2. The molecule has 3 heterocycles. The number of para-hydroxylation sites is 1. The molecule has 6 nitrogen and oxygen atoms in total. The predicted molar refractivity (Wildman–Crippen MR) is 96.3 cm³/mol. The Bertz CT molecular complexity index is 794. The van der Waals surface area contributed by atoms with Crippen LogP contribution in [0, 0.1) is 0 Å². The number of imidazole rings is 1. The minimum Gasteiger partial charge on any atom is -0.350 e. The fraction of sp³-hybridized carbons (Fsp3) is 0.389. The first-order valence-corrected chi connectivity index (χ1v) is 9.45. The van der Waals surface area contributed by atoms with Crippen molar-refractivity contribution < 1.29 is 9.59 Å². The zero-order valence-corrected chi connectivity index (χ0v) is 14.6. The van der Waals surface area contributed by atoms with E-state index >= 15 is 0 Å². The van der Waals surface area contributed by atoms with Gasteiger partial charge in [-0.1, -0.05) is 12.1 Å². The summed E-state index contributed by atoms with van der Waals surface area (Å²) in [6, 6.07) is 7.65. The number of hydrogen-bond acceptors (Lipinski definition) is 4. The topological polar surface area (TPSA) is 76.0 Å². The Morgan fingerprint density at radius 2 is 2.24 bits per heavy atom. The standard InChI is InChI=1S/C18H20N4O2S/c23-17(19-10-12-11-22-8-4-3-7-16(22)20-12)9-15-18(24)21-13-5-1-2-6-14(13)25-15/h1-2,5-6,11,15H,3-4,7-10H2,(H,19,23)(H,21,24). The maximum atomic E-state index is 12.2. The van der Waals surface area contributed by atoms with Gasteiger partial charge in [0.2, 0.25) is 11.8 Å². The lowest BCUT2D eigenvalue weighted by atomic mass is 10.2. The molecule has 25 heavy (non-hydrogen) atoms. The number of fused-ring (bicyclic) bond motifs is 2. The lowest BCUT2D eigenvalue weighted by Crippen LogP contribution is -2.34. The number of aromatic nitrogens is 2. The van der Waals surface area contributed by atoms with E-state index < -0.39 is 5.25 Å². The summed E-state index contributed by atoms with van der Waals surface area (Å²) in [5.74, 6) is 0.864. The Labute approximate surface area is 150 Å². The molecule has 1 atom stereocenters. The number of nitrogens with one attached hydrogen (secondary N) is 2. The second kappa shape index (κ2) is 6.92. The van der Waals surface area contributed by atoms with Crippen molar-refractivity contribution in [2.45, 2.75) is 48.9 Å². The lowest BCUT2D eigenvalue weighted by Gasteiger charge is -2.23. The van der Waals surface area contributed by atoms with E-state index in [4.69, 9.17) is 0 Å². The summed E-state index contributed by atoms with van der Waals surface area (Å²) in [5, 5.41) is 5.36. The summed E-state index contributed by atoms with van der Waals surface area (Å²) in [4.78, 5) is 30.0. The molecule has 2 aliphatic heterocycles. The van der Waals surface area contributed by atoms with Gasteiger partial charge < -0.3 is 15.2 Å². The van der Waals surface area contributed by atoms with Crippen LogP contribution in [0.3, 0.4) is 0 Å². The van der Waals surface area contributed by atoms with Crippen molar-refractivity contribution in [1.82, 2.24) is 14.9 Å². The number of carbonyl (C=O) groups is 2. The van der Waals surface area contributed by atoms with Crippen LogP contribution < -0.4 is 10.6 Å². The summed E-state index contributed by atoms with van der Waals surface area (Å²) < 4.78 is 2.17. The summed E-state index contributed by atoms with van der Waals surface area (Å²) in [5.41, 5.74) is 1.70. The maximum Gasteiger partial charge on any atom is 0.238 e. The number of amides is 2. The van der Waals surface area contributed by atoms with Crippen LogP contribution in [0.5, 0.6) is 0 Å². The Morgan fingerprint density at radius 1 is 1.36 bits per heavy atom. The summed E-state index contributed by atoms with van der Waals surface area (Å²) in [7, 11) is 0. The van der Waals surface area contributed by atoms with Gasteiger partial charge in [-0.2, -0.15) is 0 Å². The van der Waals surface area contributed by atoms with Crippen molar-refractivity contribution in [3.63, 3.8) is 0 Å². The molecule has 0 fully saturated rings. The van der Waals surface area contributed by atoms with Crippen LogP contribution in [0.4, 0.5) is 5.69 Å². The Balaban J connectivity index is 1.33. The first-order chi connectivity index (χ1) is 12.2. The van der Waals surface area contributed by atoms with E-state index in [1.807, 2.05) is 30.5 Å². The average molecular weight is 356 g/mol. The first kappa shape index (κ1) is 16.2. The number of rotatable bonds is 4. The molecule has 0 bridgehead atoms. The number of benzene rings is 1. The van der Waals surface area contributed by atoms with Crippen molar-refractivity contribution in [2.24, 2.45) is 0 Å². The van der Waals surface area contributed by atoms with Gasteiger partial charge in [-0.05, 0) is 25.0 Å². The molecule has 2 aliphatic rings. The second-order valence-corrected chi connectivity index (χ2v) is 7.62. The molecule has 0 radical (unpaired) electrons. The van der Waals surface area contributed by atoms with E-state index in [1.54, 1.807) is 0 Å². The Hall–Kier alpha value is -2.28. The zero-order valence-electron chi connectivity index (χ0n) is 13.8. The maximum absolute atomic E-state index is 12.2. The number of aryl methyl sites for hydroxylation is 2. The highest BCUT2D eigenvalue weighted by atomic mass is 32.2. The van der Waals surface area contributed by atoms with Crippen molar-refractivity contribution >= 4 is 29.3 Å². The molecule has 4 rings (SSSR count). The number of thioether (sulfide) groups is 1. The smallest absolute Gasteiger partial charge is 0.238 e. The van der Waals surface area contributed by atoms with E-state index in [2.05, 4.69) is 20.2 Å². The quantitative estimate of drug-likeness (QED) is 0.882. The lowest BCUT2D eigenvalue weighted by molar-refractivity contribution is -0.124. The van der Waals surface area contributed by atoms with Crippen LogP contribution >= 0.6 is 11.8 Å². The van der Waals surface area contributed by atoms with Gasteiger partial charge in [-0.3, -0.25) is 9.59 Å². The van der Waals surface area contributed by atoms with Crippen molar-refractivity contribution in [3.8, 4) is 0 Å². The number of carbonyl (C=O) groups excluding carboxylic acids is 2. The monoisotopic (exact) mass is 356 g/mol. The molecule has 0 aliphatic carbocycles. The fourth-order valence-electron chi connectivity index (χ4n) is 3.21. The third-order valence-corrected chi connectivity index (χ3v) is 5.78. The van der Waals surface area contributed by atoms with E-state index in [1.165, 1.54) is 24.6 Å². The normalized spacial score (nSPS) is 18.9. The molecule has 7 heteroatoms. The van der Waals surface area contributed by atoms with E-state index in [0.29, 0.717) is 6.54 Å². The largest absolute Gasteiger partial charge is 0.350 e. The molecule has 2 amide bonds. The van der Waals surface area contributed by atoms with Gasteiger partial charge in [0.1, 0.15) is 5.82 Å². The molecule has 130 valence electrons. The minimum atomic E-state index is -0.398. The summed E-state index contributed by atoms with van der Waals surface area (Å²) >= 11 is 1.44. The van der Waals surface area contributed by atoms with Gasteiger partial charge in [0, 0.05) is 30.5 Å². The molecular formula is C18H20N4O2S. The Kier molecular flexibility index (Phi) is 4.48. The number of nitrogens with zero attached hydrogens (tertiary/aromatic N) is 2. The van der Waals surface area contributed by atoms with Gasteiger partial charge in [-0.15, -0.1) is 11.8 Å².